The normalized spacial score (nSPS) is 13.3. The number of guanidine groups is 1. The predicted octanol–water partition coefficient (Wildman–Crippen LogP) is 1.44. The fourth-order valence-electron chi connectivity index (χ4n) is 5.45. The third-order valence-corrected chi connectivity index (χ3v) is 8.18. The summed E-state index contributed by atoms with van der Waals surface area (Å²) < 4.78 is 13.7. The van der Waals surface area contributed by atoms with Gasteiger partial charge >= 0.3 is 0 Å². The lowest BCUT2D eigenvalue weighted by Crippen LogP contribution is -2.59. The number of benzene rings is 3. The van der Waals surface area contributed by atoms with E-state index in [2.05, 4.69) is 26.3 Å². The zero-order chi connectivity index (χ0) is 39.6. The third-order valence-electron chi connectivity index (χ3n) is 8.18. The largest absolute Gasteiger partial charge is 0.370 e. The summed E-state index contributed by atoms with van der Waals surface area (Å²) in [4.78, 5) is 70.8. The van der Waals surface area contributed by atoms with Gasteiger partial charge in [-0.1, -0.05) is 68.4 Å². The van der Waals surface area contributed by atoms with Crippen LogP contribution in [0.2, 0.25) is 0 Å². The molecule has 288 valence electrons. The Morgan fingerprint density at radius 1 is 0.704 bits per heavy atom. The van der Waals surface area contributed by atoms with E-state index in [-0.39, 0.29) is 44.1 Å². The molecule has 0 aromatic heterocycles. The van der Waals surface area contributed by atoms with Crippen molar-refractivity contribution in [2.24, 2.45) is 33.8 Å². The molecular weight excluding hydrogens is 693 g/mol. The lowest BCUT2D eigenvalue weighted by molar-refractivity contribution is -0.134. The summed E-state index contributed by atoms with van der Waals surface area (Å²) in [6.07, 6.45) is 3.65. The summed E-state index contributed by atoms with van der Waals surface area (Å²) in [5, 5.41) is 10.8. The minimum Gasteiger partial charge on any atom is -0.370 e. The highest BCUT2D eigenvalue weighted by Gasteiger charge is 2.31. The molecular formula is C39H50FN9O5. The van der Waals surface area contributed by atoms with Crippen molar-refractivity contribution in [1.82, 2.24) is 21.3 Å². The first-order valence-corrected chi connectivity index (χ1v) is 17.6. The van der Waals surface area contributed by atoms with Crippen LogP contribution in [-0.2, 0) is 36.8 Å². The first kappa shape index (κ1) is 42.3. The van der Waals surface area contributed by atoms with Gasteiger partial charge in [0.25, 0.3) is 0 Å². The van der Waals surface area contributed by atoms with Gasteiger partial charge in [-0.15, -0.1) is 0 Å². The number of carbonyl (C=O) groups is 5. The molecule has 12 N–H and O–H groups in total. The molecule has 54 heavy (non-hydrogen) atoms. The molecule has 0 heterocycles. The average molecular weight is 744 g/mol. The standard InChI is InChI=1S/C39H50FN9O5/c1-24(2)21-31(36(52)47-30(35(42)51)9-6-20-41)48-38(54)33(23-27-12-17-29(18-13-27)45-39(43)44)49-37(53)32(22-26-10-15-28(40)16-11-26)46-34(50)19-14-25-7-4-3-5-8-25/h3-5,7-8,10-19,24,30-33H,6,9,20-23,41H2,1-2H3,(H2,42,51)(H,46,50)(H,47,52)(H,48,54)(H,49,53)(H4,43,44,45)/b19-14+/t30-,31-,32-,33-/m0/s1. The first-order valence-electron chi connectivity index (χ1n) is 17.6. The molecule has 0 saturated heterocycles. The molecule has 0 aliphatic heterocycles. The number of nitrogens with zero attached hydrogens (tertiary/aromatic N) is 1. The van der Waals surface area contributed by atoms with E-state index >= 15 is 0 Å². The Morgan fingerprint density at radius 2 is 1.22 bits per heavy atom. The van der Waals surface area contributed by atoms with Crippen LogP contribution in [0.1, 0.15) is 49.8 Å². The minimum atomic E-state index is -1.26. The molecule has 0 spiro atoms. The molecule has 3 aromatic rings. The Balaban J connectivity index is 1.93. The second kappa shape index (κ2) is 21.4. The van der Waals surface area contributed by atoms with Crippen LogP contribution in [0, 0.1) is 11.7 Å². The van der Waals surface area contributed by atoms with Gasteiger partial charge in [-0.25, -0.2) is 9.38 Å². The van der Waals surface area contributed by atoms with Gasteiger partial charge in [-0.3, -0.25) is 24.0 Å². The van der Waals surface area contributed by atoms with Crippen molar-refractivity contribution in [1.29, 1.82) is 0 Å². The van der Waals surface area contributed by atoms with E-state index in [9.17, 15) is 28.4 Å². The first-order chi connectivity index (χ1) is 25.7. The number of carbonyl (C=O) groups excluding carboxylic acids is 5. The molecule has 0 saturated carbocycles. The van der Waals surface area contributed by atoms with E-state index in [4.69, 9.17) is 22.9 Å². The van der Waals surface area contributed by atoms with Crippen molar-refractivity contribution in [3.63, 3.8) is 0 Å². The van der Waals surface area contributed by atoms with Crippen LogP contribution in [0.15, 0.2) is 89.9 Å². The minimum absolute atomic E-state index is 0.0335. The zero-order valence-electron chi connectivity index (χ0n) is 30.5. The number of nitrogens with one attached hydrogen (secondary N) is 4. The van der Waals surface area contributed by atoms with Crippen molar-refractivity contribution >= 4 is 47.3 Å². The van der Waals surface area contributed by atoms with E-state index < -0.39 is 59.5 Å². The fraction of sp³-hybridized carbons (Fsp3) is 0.333. The van der Waals surface area contributed by atoms with E-state index in [0.717, 1.165) is 5.56 Å². The van der Waals surface area contributed by atoms with Gasteiger partial charge in [0.1, 0.15) is 30.0 Å². The molecule has 5 amide bonds. The van der Waals surface area contributed by atoms with Gasteiger partial charge in [-0.2, -0.15) is 0 Å². The van der Waals surface area contributed by atoms with Crippen molar-refractivity contribution in [2.75, 3.05) is 6.54 Å². The third kappa shape index (κ3) is 14.9. The van der Waals surface area contributed by atoms with Crippen molar-refractivity contribution in [3.05, 3.63) is 107 Å². The SMILES string of the molecule is CC(C)C[C@H](NC(=O)[C@H](Cc1ccc(N=C(N)N)cc1)NC(=O)[C@H](Cc1ccc(F)cc1)NC(=O)/C=C/c1ccccc1)C(=O)N[C@@H](CCCN)C(N)=O. The Labute approximate surface area is 314 Å². The molecule has 14 nitrogen and oxygen atoms in total. The highest BCUT2D eigenvalue weighted by atomic mass is 19.1. The number of aliphatic imine (C=N–C) groups is 1. The summed E-state index contributed by atoms with van der Waals surface area (Å²) in [6, 6.07) is 16.6. The van der Waals surface area contributed by atoms with E-state index in [0.29, 0.717) is 23.2 Å². The predicted molar refractivity (Wildman–Crippen MR) is 206 cm³/mol. The quantitative estimate of drug-likeness (QED) is 0.0477. The molecule has 15 heteroatoms. The van der Waals surface area contributed by atoms with Crippen LogP contribution in [0.25, 0.3) is 6.08 Å². The number of rotatable bonds is 20. The zero-order valence-corrected chi connectivity index (χ0v) is 30.5. The van der Waals surface area contributed by atoms with Crippen LogP contribution in [0.4, 0.5) is 10.1 Å². The molecule has 4 atom stereocenters. The van der Waals surface area contributed by atoms with Crippen molar-refractivity contribution in [3.8, 4) is 0 Å². The molecule has 0 fully saturated rings. The summed E-state index contributed by atoms with van der Waals surface area (Å²) in [7, 11) is 0. The summed E-state index contributed by atoms with van der Waals surface area (Å²) >= 11 is 0. The monoisotopic (exact) mass is 743 g/mol. The molecule has 3 rings (SSSR count). The number of hydrogen-bond donors (Lipinski definition) is 8. The molecule has 0 unspecified atom stereocenters. The molecule has 0 radical (unpaired) electrons. The molecule has 3 aromatic carbocycles. The number of primary amides is 1. The maximum atomic E-state index is 14.1. The van der Waals surface area contributed by atoms with Gasteiger partial charge in [0.05, 0.1) is 5.69 Å². The average Bonchev–Trinajstić information content (AvgIpc) is 3.13. The Bertz CT molecular complexity index is 1760. The Hall–Kier alpha value is -6.09. The number of amides is 5. The van der Waals surface area contributed by atoms with Gasteiger partial charge < -0.3 is 44.2 Å². The van der Waals surface area contributed by atoms with Crippen LogP contribution in [0.5, 0.6) is 0 Å². The Kier molecular flexibility index (Phi) is 16.8. The van der Waals surface area contributed by atoms with E-state index in [1.54, 1.807) is 42.5 Å². The van der Waals surface area contributed by atoms with Crippen LogP contribution >= 0.6 is 0 Å². The highest BCUT2D eigenvalue weighted by molar-refractivity contribution is 5.98. The van der Waals surface area contributed by atoms with Gasteiger partial charge in [0, 0.05) is 18.9 Å². The Morgan fingerprint density at radius 3 is 1.76 bits per heavy atom. The van der Waals surface area contributed by atoms with E-state index in [1.807, 2.05) is 32.0 Å². The lowest BCUT2D eigenvalue weighted by Gasteiger charge is -2.27. The van der Waals surface area contributed by atoms with Crippen molar-refractivity contribution in [2.45, 2.75) is 70.1 Å². The summed E-state index contributed by atoms with van der Waals surface area (Å²) in [5.41, 5.74) is 24.5. The van der Waals surface area contributed by atoms with Gasteiger partial charge in [0.15, 0.2) is 5.96 Å². The number of halogens is 1. The topological polar surface area (TPSA) is 250 Å². The molecule has 0 bridgehead atoms. The van der Waals surface area contributed by atoms with E-state index in [1.165, 1.54) is 30.3 Å². The molecule has 0 aliphatic carbocycles. The molecule has 0 aliphatic rings. The maximum absolute atomic E-state index is 14.1. The second-order valence-electron chi connectivity index (χ2n) is 13.2. The van der Waals surface area contributed by atoms with Crippen LogP contribution < -0.4 is 44.2 Å². The fourth-order valence-corrected chi connectivity index (χ4v) is 5.45. The number of hydrogen-bond acceptors (Lipinski definition) is 7. The van der Waals surface area contributed by atoms with Gasteiger partial charge in [0.2, 0.25) is 29.5 Å². The maximum Gasteiger partial charge on any atom is 0.244 e. The smallest absolute Gasteiger partial charge is 0.244 e. The second-order valence-corrected chi connectivity index (χ2v) is 13.2. The van der Waals surface area contributed by atoms with Gasteiger partial charge in [-0.05, 0) is 78.8 Å². The van der Waals surface area contributed by atoms with Crippen LogP contribution in [-0.4, -0.2) is 66.2 Å². The summed E-state index contributed by atoms with van der Waals surface area (Å²) in [6.45, 7) is 4.00. The summed E-state index contributed by atoms with van der Waals surface area (Å²) in [5.74, 6) is -4.04. The lowest BCUT2D eigenvalue weighted by atomic mass is 9.99. The highest BCUT2D eigenvalue weighted by Crippen LogP contribution is 2.15. The van der Waals surface area contributed by atoms with Crippen molar-refractivity contribution < 1.29 is 28.4 Å². The van der Waals surface area contributed by atoms with Crippen LogP contribution in [0.3, 0.4) is 0 Å². The number of nitrogens with two attached hydrogens (primary N) is 4.